The molecular weight excluding hydrogens is 465 g/mol. The minimum atomic E-state index is -4.71. The third-order valence-electron chi connectivity index (χ3n) is 5.27. The van der Waals surface area contributed by atoms with Crippen LogP contribution in [0, 0.1) is 10.1 Å². The second kappa shape index (κ2) is 8.98. The number of nitrogens with zero attached hydrogens (tertiary/aromatic N) is 4. The molecule has 1 aliphatic rings. The largest absolute Gasteiger partial charge is 0.416 e. The Hall–Kier alpha value is -3.19. The number of hydrogen-bond acceptors (Lipinski definition) is 6. The fourth-order valence-corrected chi connectivity index (χ4v) is 4.39. The smallest absolute Gasteiger partial charge is 0.362 e. The molecule has 0 aromatic heterocycles. The minimum absolute atomic E-state index is 0.0302. The molecule has 13 heteroatoms. The third-order valence-corrected chi connectivity index (χ3v) is 7.08. The van der Waals surface area contributed by atoms with E-state index in [1.807, 2.05) is 0 Å². The number of carbonyl (C=O) groups excluding carboxylic acids is 1. The first-order chi connectivity index (χ1) is 15.3. The number of nitro groups is 1. The fraction of sp³-hybridized carbons (Fsp3) is 0.350. The minimum Gasteiger partial charge on any atom is -0.362 e. The van der Waals surface area contributed by atoms with Gasteiger partial charge < -0.3 is 9.80 Å². The van der Waals surface area contributed by atoms with E-state index in [1.165, 1.54) is 43.3 Å². The molecule has 1 fully saturated rings. The van der Waals surface area contributed by atoms with E-state index in [0.717, 1.165) is 16.4 Å². The van der Waals surface area contributed by atoms with Gasteiger partial charge in [-0.1, -0.05) is 6.07 Å². The molecule has 0 aliphatic carbocycles. The van der Waals surface area contributed by atoms with Gasteiger partial charge in [0.05, 0.1) is 15.4 Å². The Morgan fingerprint density at radius 1 is 1.06 bits per heavy atom. The van der Waals surface area contributed by atoms with Gasteiger partial charge in [0.1, 0.15) is 5.69 Å². The maximum atomic E-state index is 12.9. The van der Waals surface area contributed by atoms with Crippen LogP contribution in [0.15, 0.2) is 47.4 Å². The summed E-state index contributed by atoms with van der Waals surface area (Å²) < 4.78 is 64.5. The van der Waals surface area contributed by atoms with E-state index in [2.05, 4.69) is 0 Å². The first-order valence-corrected chi connectivity index (χ1v) is 11.2. The molecule has 0 radical (unpaired) electrons. The van der Waals surface area contributed by atoms with Crippen LogP contribution in [-0.2, 0) is 16.2 Å². The number of halogens is 3. The van der Waals surface area contributed by atoms with Gasteiger partial charge in [0, 0.05) is 51.9 Å². The van der Waals surface area contributed by atoms with Gasteiger partial charge in [-0.15, -0.1) is 0 Å². The number of amides is 1. The molecule has 2 aromatic carbocycles. The van der Waals surface area contributed by atoms with Crippen molar-refractivity contribution in [3.63, 3.8) is 0 Å². The number of sulfonamides is 1. The highest BCUT2D eigenvalue weighted by Gasteiger charge is 2.34. The lowest BCUT2D eigenvalue weighted by Crippen LogP contribution is -2.49. The molecule has 0 unspecified atom stereocenters. The summed E-state index contributed by atoms with van der Waals surface area (Å²) in [5.74, 6) is -0.410. The Morgan fingerprint density at radius 2 is 1.70 bits per heavy atom. The van der Waals surface area contributed by atoms with Crippen LogP contribution in [0.1, 0.15) is 15.9 Å². The predicted molar refractivity (Wildman–Crippen MR) is 114 cm³/mol. The molecule has 3 rings (SSSR count). The van der Waals surface area contributed by atoms with Crippen LogP contribution in [0.3, 0.4) is 0 Å². The Balaban J connectivity index is 1.77. The zero-order chi connectivity index (χ0) is 24.6. The van der Waals surface area contributed by atoms with Gasteiger partial charge in [-0.05, 0) is 30.3 Å². The van der Waals surface area contributed by atoms with E-state index in [4.69, 9.17) is 0 Å². The van der Waals surface area contributed by atoms with Crippen molar-refractivity contribution in [2.75, 3.05) is 45.2 Å². The molecule has 2 aromatic rings. The summed E-state index contributed by atoms with van der Waals surface area (Å²) in [5.41, 5.74) is -1.56. The molecule has 1 heterocycles. The molecule has 0 spiro atoms. The van der Waals surface area contributed by atoms with Crippen molar-refractivity contribution in [2.24, 2.45) is 0 Å². The van der Waals surface area contributed by atoms with Gasteiger partial charge in [0.15, 0.2) is 0 Å². The summed E-state index contributed by atoms with van der Waals surface area (Å²) >= 11 is 0. The number of piperazine rings is 1. The van der Waals surface area contributed by atoms with E-state index in [1.54, 1.807) is 4.90 Å². The first-order valence-electron chi connectivity index (χ1n) is 9.75. The van der Waals surface area contributed by atoms with Crippen molar-refractivity contribution in [2.45, 2.75) is 11.1 Å². The summed E-state index contributed by atoms with van der Waals surface area (Å²) in [6.45, 7) is 0.630. The Bertz CT molecular complexity index is 1180. The molecule has 1 aliphatic heterocycles. The molecule has 0 bridgehead atoms. The van der Waals surface area contributed by atoms with Crippen LogP contribution in [0.2, 0.25) is 0 Å². The van der Waals surface area contributed by atoms with E-state index < -0.39 is 38.3 Å². The van der Waals surface area contributed by atoms with Crippen LogP contribution in [0.4, 0.5) is 24.5 Å². The predicted octanol–water partition coefficient (Wildman–Crippen LogP) is 2.83. The van der Waals surface area contributed by atoms with Crippen molar-refractivity contribution in [1.82, 2.24) is 9.21 Å². The number of carbonyl (C=O) groups is 1. The number of anilines is 1. The van der Waals surface area contributed by atoms with E-state index in [9.17, 15) is 36.5 Å². The second-order valence-corrected chi connectivity index (χ2v) is 9.70. The quantitative estimate of drug-likeness (QED) is 0.476. The Morgan fingerprint density at radius 3 is 2.24 bits per heavy atom. The molecule has 0 N–H and O–H groups in total. The second-order valence-electron chi connectivity index (χ2n) is 7.55. The zero-order valence-electron chi connectivity index (χ0n) is 17.7. The molecular formula is C20H21F3N4O5S. The average Bonchev–Trinajstić information content (AvgIpc) is 2.77. The zero-order valence-corrected chi connectivity index (χ0v) is 18.6. The highest BCUT2D eigenvalue weighted by Crippen LogP contribution is 2.36. The maximum Gasteiger partial charge on any atom is 0.416 e. The van der Waals surface area contributed by atoms with Crippen molar-refractivity contribution in [3.05, 3.63) is 63.7 Å². The van der Waals surface area contributed by atoms with Gasteiger partial charge in [0.25, 0.3) is 11.6 Å². The van der Waals surface area contributed by atoms with Gasteiger partial charge in [0.2, 0.25) is 10.0 Å². The van der Waals surface area contributed by atoms with Crippen LogP contribution in [0.5, 0.6) is 0 Å². The molecule has 178 valence electrons. The lowest BCUT2D eigenvalue weighted by Gasteiger charge is -2.36. The number of alkyl halides is 3. The summed E-state index contributed by atoms with van der Waals surface area (Å²) in [6.07, 6.45) is -4.71. The third kappa shape index (κ3) is 5.09. The molecule has 1 amide bonds. The standard InChI is InChI=1S/C20H21F3N4O5S/c1-24(2)33(31,32)16-5-3-4-14(12-16)19(28)26-10-8-25(9-11-26)17-7-6-15(20(21,22)23)13-18(17)27(29)30/h3-7,12-13H,8-11H2,1-2H3. The number of nitro benzene ring substituents is 1. The summed E-state index contributed by atoms with van der Waals surface area (Å²) in [6, 6.07) is 7.97. The van der Waals surface area contributed by atoms with Gasteiger partial charge in [-0.3, -0.25) is 14.9 Å². The molecule has 9 nitrogen and oxygen atoms in total. The van der Waals surface area contributed by atoms with E-state index in [0.29, 0.717) is 6.07 Å². The van der Waals surface area contributed by atoms with Crippen molar-refractivity contribution < 1.29 is 31.3 Å². The van der Waals surface area contributed by atoms with Gasteiger partial charge in [-0.25, -0.2) is 12.7 Å². The first kappa shape index (κ1) is 24.5. The lowest BCUT2D eigenvalue weighted by molar-refractivity contribution is -0.384. The van der Waals surface area contributed by atoms with Crippen LogP contribution >= 0.6 is 0 Å². The fourth-order valence-electron chi connectivity index (χ4n) is 3.45. The summed E-state index contributed by atoms with van der Waals surface area (Å²) in [5, 5.41) is 11.4. The van der Waals surface area contributed by atoms with Crippen LogP contribution < -0.4 is 4.90 Å². The van der Waals surface area contributed by atoms with E-state index in [-0.39, 0.29) is 42.3 Å². The SMILES string of the molecule is CN(C)S(=O)(=O)c1cccc(C(=O)N2CCN(c3ccc(C(F)(F)F)cc3[N+](=O)[O-])CC2)c1. The molecule has 0 atom stereocenters. The maximum absolute atomic E-state index is 12.9. The normalized spacial score (nSPS) is 15.1. The molecule has 1 saturated heterocycles. The summed E-state index contributed by atoms with van der Waals surface area (Å²) in [4.78, 5) is 26.4. The van der Waals surface area contributed by atoms with Gasteiger partial charge in [-0.2, -0.15) is 13.2 Å². The summed E-state index contributed by atoms with van der Waals surface area (Å²) in [7, 11) is -0.968. The topological polar surface area (TPSA) is 104 Å². The van der Waals surface area contributed by atoms with Crippen molar-refractivity contribution >= 4 is 27.3 Å². The van der Waals surface area contributed by atoms with E-state index >= 15 is 0 Å². The number of rotatable bonds is 5. The Kier molecular flexibility index (Phi) is 6.65. The highest BCUT2D eigenvalue weighted by atomic mass is 32.2. The van der Waals surface area contributed by atoms with Crippen molar-refractivity contribution in [1.29, 1.82) is 0 Å². The van der Waals surface area contributed by atoms with Crippen LogP contribution in [-0.4, -0.2) is 68.7 Å². The van der Waals surface area contributed by atoms with Crippen molar-refractivity contribution in [3.8, 4) is 0 Å². The highest BCUT2D eigenvalue weighted by molar-refractivity contribution is 7.89. The number of hydrogen-bond donors (Lipinski definition) is 0. The number of benzene rings is 2. The van der Waals surface area contributed by atoms with Gasteiger partial charge >= 0.3 is 6.18 Å². The molecule has 0 saturated carbocycles. The Labute approximate surface area is 188 Å². The molecule has 33 heavy (non-hydrogen) atoms. The average molecular weight is 486 g/mol. The monoisotopic (exact) mass is 486 g/mol. The van der Waals surface area contributed by atoms with Crippen LogP contribution in [0.25, 0.3) is 0 Å². The lowest BCUT2D eigenvalue weighted by atomic mass is 10.1.